The Morgan fingerprint density at radius 3 is 1.43 bits per heavy atom. The molecule has 61 heavy (non-hydrogen) atoms. The van der Waals surface area contributed by atoms with E-state index in [0.29, 0.717) is 5.92 Å². The first-order chi connectivity index (χ1) is 29.5. The van der Waals surface area contributed by atoms with Gasteiger partial charge in [0.05, 0.1) is 39.7 Å². The number of hydrogen-bond acceptors (Lipinski definition) is 3. The second-order valence-electron chi connectivity index (χ2n) is 17.4. The largest absolute Gasteiger partial charge is 0.380 e. The highest BCUT2D eigenvalue weighted by atomic mass is 15.1. The summed E-state index contributed by atoms with van der Waals surface area (Å²) in [4.78, 5) is 5.01. The summed E-state index contributed by atoms with van der Waals surface area (Å²) in [6.45, 7) is 25.2. The minimum atomic E-state index is 0.574. The van der Waals surface area contributed by atoms with Gasteiger partial charge in [0.2, 0.25) is 0 Å². The van der Waals surface area contributed by atoms with Crippen molar-refractivity contribution in [2.24, 2.45) is 0 Å². The van der Waals surface area contributed by atoms with Crippen LogP contribution in [0.4, 0.5) is 28.4 Å². The zero-order valence-corrected chi connectivity index (χ0v) is 38.4. The smallest absolute Gasteiger partial charge is 0.0638 e. The molecular weight excluding hydrogens is 739 g/mol. The summed E-state index contributed by atoms with van der Waals surface area (Å²) in [6, 6.07) is 50.6. The van der Waals surface area contributed by atoms with Crippen molar-refractivity contribution in [1.29, 1.82) is 0 Å². The second kappa shape index (κ2) is 19.2. The lowest BCUT2D eigenvalue weighted by molar-refractivity contribution is 0.733. The van der Waals surface area contributed by atoms with Crippen LogP contribution >= 0.6 is 0 Å². The lowest BCUT2D eigenvalue weighted by Crippen LogP contribution is -2.20. The van der Waals surface area contributed by atoms with E-state index in [2.05, 4.69) is 218 Å². The molecule has 0 spiro atoms. The average molecular weight is 805 g/mol. The van der Waals surface area contributed by atoms with E-state index in [9.17, 15) is 0 Å². The Labute approximate surface area is 367 Å². The topological polar surface area (TPSA) is 18.5 Å². The highest BCUT2D eigenvalue weighted by Crippen LogP contribution is 2.41. The summed E-state index contributed by atoms with van der Waals surface area (Å²) < 4.78 is 0. The van der Waals surface area contributed by atoms with Crippen molar-refractivity contribution in [3.63, 3.8) is 0 Å². The molecule has 0 aliphatic heterocycles. The van der Waals surface area contributed by atoms with Crippen LogP contribution in [0.3, 0.4) is 0 Å². The molecule has 0 bridgehead atoms. The normalized spacial score (nSPS) is 11.8. The fourth-order valence-corrected chi connectivity index (χ4v) is 9.55. The molecule has 3 nitrogen and oxygen atoms in total. The Hall–Kier alpha value is -5.93. The van der Waals surface area contributed by atoms with Gasteiger partial charge in [-0.3, -0.25) is 0 Å². The third kappa shape index (κ3) is 9.37. The SMILES string of the molecule is CCCN(c1ccc([C+](c2ccc(N(CCC)c3c(C)cc(C)cc3C)cc2)c2ccc(NCc3ccc(C(C)CC)cc3)c3ccccc23)cc1)c1c(C)cc(C)cc1C. The Morgan fingerprint density at radius 1 is 0.525 bits per heavy atom. The molecule has 1 N–H and O–H groups in total. The van der Waals surface area contributed by atoms with Crippen LogP contribution in [0.1, 0.15) is 114 Å². The zero-order chi connectivity index (χ0) is 43.2. The Kier molecular flexibility index (Phi) is 13.6. The Bertz CT molecular complexity index is 2410. The summed E-state index contributed by atoms with van der Waals surface area (Å²) in [5.41, 5.74) is 20.4. The monoisotopic (exact) mass is 805 g/mol. The van der Waals surface area contributed by atoms with Crippen molar-refractivity contribution in [1.82, 2.24) is 0 Å². The van der Waals surface area contributed by atoms with E-state index in [-0.39, 0.29) is 0 Å². The van der Waals surface area contributed by atoms with Crippen LogP contribution < -0.4 is 15.1 Å². The maximum Gasteiger partial charge on any atom is 0.0638 e. The molecule has 0 saturated carbocycles. The fraction of sp³-hybridized carbons (Fsp3) is 0.293. The summed E-state index contributed by atoms with van der Waals surface area (Å²) in [6.07, 6.45) is 3.27. The number of fused-ring (bicyclic) bond motifs is 1. The number of aryl methyl sites for hydroxylation is 6. The van der Waals surface area contributed by atoms with Crippen LogP contribution in [0.25, 0.3) is 10.8 Å². The summed E-state index contributed by atoms with van der Waals surface area (Å²) in [5, 5.41) is 6.27. The maximum absolute atomic E-state index is 3.81. The number of anilines is 5. The molecule has 1 atom stereocenters. The molecule has 0 saturated heterocycles. The van der Waals surface area contributed by atoms with Gasteiger partial charge in [-0.1, -0.05) is 99.5 Å². The average Bonchev–Trinajstić information content (AvgIpc) is 3.25. The molecule has 0 radical (unpaired) electrons. The molecule has 0 aliphatic rings. The van der Waals surface area contributed by atoms with Crippen LogP contribution in [0.5, 0.6) is 0 Å². The van der Waals surface area contributed by atoms with Crippen molar-refractivity contribution < 1.29 is 0 Å². The number of nitrogens with zero attached hydrogens (tertiary/aromatic N) is 2. The summed E-state index contributed by atoms with van der Waals surface area (Å²) in [5.74, 6) is 1.81. The van der Waals surface area contributed by atoms with Crippen LogP contribution in [-0.2, 0) is 6.54 Å². The first-order valence-electron chi connectivity index (χ1n) is 22.6. The van der Waals surface area contributed by atoms with Crippen molar-refractivity contribution in [2.45, 2.75) is 101 Å². The maximum atomic E-state index is 3.81. The highest BCUT2D eigenvalue weighted by molar-refractivity contribution is 5.98. The molecule has 0 amide bonds. The van der Waals surface area contributed by atoms with E-state index in [4.69, 9.17) is 0 Å². The lowest BCUT2D eigenvalue weighted by atomic mass is 9.82. The third-order valence-corrected chi connectivity index (χ3v) is 12.5. The first-order valence-corrected chi connectivity index (χ1v) is 22.6. The molecule has 7 aromatic carbocycles. The van der Waals surface area contributed by atoms with Gasteiger partial charge in [-0.15, -0.1) is 0 Å². The predicted octanol–water partition coefficient (Wildman–Crippen LogP) is 15.9. The first kappa shape index (κ1) is 43.2. The van der Waals surface area contributed by atoms with Gasteiger partial charge in [-0.25, -0.2) is 0 Å². The van der Waals surface area contributed by atoms with E-state index < -0.39 is 0 Å². The van der Waals surface area contributed by atoms with Gasteiger partial charge >= 0.3 is 0 Å². The van der Waals surface area contributed by atoms with Gasteiger partial charge in [0.1, 0.15) is 0 Å². The van der Waals surface area contributed by atoms with Gasteiger partial charge in [0, 0.05) is 41.8 Å². The molecule has 0 aliphatic carbocycles. The van der Waals surface area contributed by atoms with E-state index >= 15 is 0 Å². The lowest BCUT2D eigenvalue weighted by Gasteiger charge is -2.29. The molecule has 0 aromatic heterocycles. The molecule has 7 aromatic rings. The van der Waals surface area contributed by atoms with E-state index in [1.165, 1.54) is 101 Å². The van der Waals surface area contributed by atoms with Crippen molar-refractivity contribution >= 4 is 39.2 Å². The van der Waals surface area contributed by atoms with Gasteiger partial charge < -0.3 is 15.1 Å². The van der Waals surface area contributed by atoms with Crippen LogP contribution in [0, 0.1) is 47.5 Å². The van der Waals surface area contributed by atoms with Crippen molar-refractivity contribution in [3.05, 3.63) is 201 Å². The quantitative estimate of drug-likeness (QED) is 0.0775. The minimum Gasteiger partial charge on any atom is -0.380 e. The van der Waals surface area contributed by atoms with Gasteiger partial charge in [-0.05, 0) is 173 Å². The van der Waals surface area contributed by atoms with Crippen molar-refractivity contribution in [3.8, 4) is 0 Å². The molecule has 7 rings (SSSR count). The van der Waals surface area contributed by atoms with Gasteiger partial charge in [-0.2, -0.15) is 0 Å². The highest BCUT2D eigenvalue weighted by Gasteiger charge is 2.27. The number of rotatable bonds is 16. The summed E-state index contributed by atoms with van der Waals surface area (Å²) >= 11 is 0. The second-order valence-corrected chi connectivity index (χ2v) is 17.4. The molecular formula is C58H66N3+. The number of nitrogens with one attached hydrogen (secondary N) is 1. The number of benzene rings is 7. The molecule has 0 heterocycles. The Morgan fingerprint density at radius 2 is 0.984 bits per heavy atom. The third-order valence-electron chi connectivity index (χ3n) is 12.5. The molecule has 312 valence electrons. The molecule has 0 fully saturated rings. The standard InChI is InChI=1S/C58H66N3/c1-11-32-60(57-42(7)34-39(4)35-43(57)8)50-26-22-48(23-27-50)56(49-24-28-51(29-25-49)61(33-12-2)58-44(9)36-40(5)37-45(58)10)54-30-31-55(53-17-15-14-16-52(53)54)59-38-46-18-20-47(21-19-46)41(6)13-3/h14-31,34-37,41,59H,11-13,32-33,38H2,1-10H3/q+1. The molecule has 3 heteroatoms. The van der Waals surface area contributed by atoms with E-state index in [1.54, 1.807) is 0 Å². The van der Waals surface area contributed by atoms with Gasteiger partial charge in [0.25, 0.3) is 0 Å². The predicted molar refractivity (Wildman–Crippen MR) is 266 cm³/mol. The van der Waals surface area contributed by atoms with Crippen LogP contribution in [0.15, 0.2) is 133 Å². The molecule has 1 unspecified atom stereocenters. The van der Waals surface area contributed by atoms with Crippen LogP contribution in [0.2, 0.25) is 0 Å². The van der Waals surface area contributed by atoms with Crippen LogP contribution in [-0.4, -0.2) is 13.1 Å². The minimum absolute atomic E-state index is 0.574. The Balaban J connectivity index is 1.31. The van der Waals surface area contributed by atoms with Gasteiger partial charge in [0.15, 0.2) is 0 Å². The van der Waals surface area contributed by atoms with Crippen molar-refractivity contribution in [2.75, 3.05) is 28.2 Å². The number of hydrogen-bond donors (Lipinski definition) is 1. The fourth-order valence-electron chi connectivity index (χ4n) is 9.55. The van der Waals surface area contributed by atoms with E-state index in [0.717, 1.165) is 44.6 Å². The van der Waals surface area contributed by atoms with E-state index in [1.807, 2.05) is 0 Å². The zero-order valence-electron chi connectivity index (χ0n) is 38.4. The summed E-state index contributed by atoms with van der Waals surface area (Å²) in [7, 11) is 0.